The Morgan fingerprint density at radius 3 is 2.42 bits per heavy atom. The highest BCUT2D eigenvalue weighted by molar-refractivity contribution is 6.32. The molecule has 1 amide bonds. The monoisotopic (exact) mass is 564 g/mol. The van der Waals surface area contributed by atoms with Crippen LogP contribution in [0.2, 0.25) is 5.02 Å². The lowest BCUT2D eigenvalue weighted by molar-refractivity contribution is 0.0911. The molecule has 0 atom stereocenters. The summed E-state index contributed by atoms with van der Waals surface area (Å²) in [5, 5.41) is 19.1. The molecule has 0 spiro atoms. The number of hydrogen-bond donors (Lipinski definition) is 5. The molecule has 0 heterocycles. The van der Waals surface area contributed by atoms with Gasteiger partial charge in [0.1, 0.15) is 5.75 Å². The van der Waals surface area contributed by atoms with Crippen molar-refractivity contribution < 1.29 is 14.6 Å². The van der Waals surface area contributed by atoms with Crippen LogP contribution in [-0.2, 0) is 6.54 Å². The maximum atomic E-state index is 12.4. The molecule has 9 nitrogen and oxygen atoms in total. The van der Waals surface area contributed by atoms with Crippen LogP contribution in [0.5, 0.6) is 5.75 Å². The number of guanidine groups is 1. The first-order valence-electron chi connectivity index (χ1n) is 13.0. The number of hydrogen-bond acceptors (Lipinski definition) is 6. The van der Waals surface area contributed by atoms with E-state index in [-0.39, 0.29) is 17.9 Å². The second-order valence-electron chi connectivity index (χ2n) is 10.0. The number of aliphatic imine (C=N–C) groups is 2. The molecule has 10 heteroatoms. The molecule has 3 rings (SSSR count). The van der Waals surface area contributed by atoms with E-state index in [1.807, 2.05) is 56.3 Å². The summed E-state index contributed by atoms with van der Waals surface area (Å²) in [6.07, 6.45) is 0.806. The van der Waals surface area contributed by atoms with Crippen molar-refractivity contribution in [3.8, 4) is 5.75 Å². The van der Waals surface area contributed by atoms with E-state index in [1.54, 1.807) is 24.3 Å². The average molecular weight is 565 g/mol. The maximum Gasteiger partial charge on any atom is 0.251 e. The lowest BCUT2D eigenvalue weighted by Gasteiger charge is -2.21. The van der Waals surface area contributed by atoms with Gasteiger partial charge in [0.05, 0.1) is 18.2 Å². The van der Waals surface area contributed by atoms with Crippen LogP contribution in [0.15, 0.2) is 76.7 Å². The van der Waals surface area contributed by atoms with Crippen LogP contribution in [0.4, 0.5) is 17.1 Å². The molecule has 0 radical (unpaired) electrons. The zero-order valence-electron chi connectivity index (χ0n) is 22.9. The van der Waals surface area contributed by atoms with Crippen molar-refractivity contribution in [1.29, 1.82) is 0 Å². The number of rotatable bonds is 13. The number of aliphatic hydroxyl groups excluding tert-OH is 1. The van der Waals surface area contributed by atoms with Crippen molar-refractivity contribution in [3.05, 3.63) is 82.9 Å². The summed E-state index contributed by atoms with van der Waals surface area (Å²) in [6, 6.07) is 20.1. The van der Waals surface area contributed by atoms with Gasteiger partial charge in [0, 0.05) is 47.7 Å². The predicted molar refractivity (Wildman–Crippen MR) is 165 cm³/mol. The van der Waals surface area contributed by atoms with E-state index >= 15 is 0 Å². The summed E-state index contributed by atoms with van der Waals surface area (Å²) in [5.74, 6) is 0.751. The van der Waals surface area contributed by atoms with E-state index in [2.05, 4.69) is 32.7 Å². The van der Waals surface area contributed by atoms with Gasteiger partial charge < -0.3 is 31.5 Å². The third-order valence-corrected chi connectivity index (χ3v) is 6.23. The third-order valence-electron chi connectivity index (χ3n) is 5.93. The third kappa shape index (κ3) is 9.91. The summed E-state index contributed by atoms with van der Waals surface area (Å²) >= 11 is 6.43. The Balaban J connectivity index is 1.46. The first kappa shape index (κ1) is 30.5. The highest BCUT2D eigenvalue weighted by atomic mass is 35.5. The summed E-state index contributed by atoms with van der Waals surface area (Å²) in [7, 11) is 0. The molecule has 0 aliphatic heterocycles. The molecule has 0 aliphatic rings. The second-order valence-corrected chi connectivity index (χ2v) is 10.4. The molecule has 3 aromatic rings. The number of carbonyl (C=O) groups excluding carboxylic acids is 1. The molecule has 212 valence electrons. The van der Waals surface area contributed by atoms with Gasteiger partial charge in [-0.2, -0.15) is 0 Å². The fraction of sp³-hybridized carbons (Fsp3) is 0.300. The number of halogens is 1. The molecule has 0 bridgehead atoms. The van der Waals surface area contributed by atoms with E-state index in [9.17, 15) is 9.90 Å². The van der Waals surface area contributed by atoms with Crippen molar-refractivity contribution in [1.82, 2.24) is 5.32 Å². The minimum atomic E-state index is -0.382. The number of nitrogens with one attached hydrogen (secondary N) is 3. The summed E-state index contributed by atoms with van der Waals surface area (Å²) in [4.78, 5) is 20.8. The number of benzene rings is 3. The Kier molecular flexibility index (Phi) is 11.4. The molecule has 0 unspecified atom stereocenters. The number of amides is 1. The van der Waals surface area contributed by atoms with Gasteiger partial charge in [-0.15, -0.1) is 0 Å². The topological polar surface area (TPSA) is 133 Å². The largest absolute Gasteiger partial charge is 0.492 e. The number of aliphatic hydroxyl groups is 1. The Bertz CT molecular complexity index is 1290. The summed E-state index contributed by atoms with van der Waals surface area (Å²) in [5.41, 5.74) is 9.19. The molecular weight excluding hydrogens is 528 g/mol. The number of nitrogen functional groups attached to an aromatic ring is 1. The van der Waals surface area contributed by atoms with Gasteiger partial charge in [0.15, 0.2) is 0 Å². The van der Waals surface area contributed by atoms with Gasteiger partial charge >= 0.3 is 0 Å². The van der Waals surface area contributed by atoms with Gasteiger partial charge in [-0.1, -0.05) is 31.5 Å². The van der Waals surface area contributed by atoms with Crippen LogP contribution in [-0.4, -0.2) is 50.0 Å². The average Bonchev–Trinajstić information content (AvgIpc) is 2.96. The zero-order valence-corrected chi connectivity index (χ0v) is 23.7. The number of ether oxygens (including phenoxy) is 1. The SMILES string of the molecule is C=NC(=NCc1ccc(OCCCNc2ccc(N)cc2)c(Cl)c1)Nc1ccc(C(=O)NCC(C)(C)CO)cc1. The van der Waals surface area contributed by atoms with Crippen LogP contribution < -0.4 is 26.4 Å². The van der Waals surface area contributed by atoms with E-state index in [1.165, 1.54) is 0 Å². The minimum absolute atomic E-state index is 0.0124. The van der Waals surface area contributed by atoms with Crippen molar-refractivity contribution in [2.75, 3.05) is 42.7 Å². The number of anilines is 3. The van der Waals surface area contributed by atoms with E-state index in [4.69, 9.17) is 22.1 Å². The van der Waals surface area contributed by atoms with Crippen molar-refractivity contribution in [2.24, 2.45) is 15.4 Å². The van der Waals surface area contributed by atoms with Gasteiger partial charge in [-0.05, 0) is 79.4 Å². The lowest BCUT2D eigenvalue weighted by atomic mass is 9.95. The molecular formula is C30H37ClN6O3. The fourth-order valence-electron chi connectivity index (χ4n) is 3.45. The second kappa shape index (κ2) is 14.9. The smallest absolute Gasteiger partial charge is 0.251 e. The fourth-order valence-corrected chi connectivity index (χ4v) is 3.71. The molecule has 6 N–H and O–H groups in total. The van der Waals surface area contributed by atoms with E-state index < -0.39 is 0 Å². The predicted octanol–water partition coefficient (Wildman–Crippen LogP) is 5.22. The summed E-state index contributed by atoms with van der Waals surface area (Å²) < 4.78 is 5.83. The van der Waals surface area contributed by atoms with Crippen molar-refractivity contribution in [2.45, 2.75) is 26.8 Å². The molecule has 0 saturated heterocycles. The van der Waals surface area contributed by atoms with Crippen LogP contribution >= 0.6 is 11.6 Å². The minimum Gasteiger partial charge on any atom is -0.492 e. The van der Waals surface area contributed by atoms with Crippen LogP contribution in [0, 0.1) is 5.41 Å². The molecule has 40 heavy (non-hydrogen) atoms. The lowest BCUT2D eigenvalue weighted by Crippen LogP contribution is -2.36. The first-order valence-corrected chi connectivity index (χ1v) is 13.3. The Morgan fingerprint density at radius 2 is 1.77 bits per heavy atom. The molecule has 0 aliphatic carbocycles. The van der Waals surface area contributed by atoms with E-state index in [0.29, 0.717) is 47.7 Å². The molecule has 0 aromatic heterocycles. The Hall–Kier alpha value is -4.08. The van der Waals surface area contributed by atoms with Crippen LogP contribution in [0.1, 0.15) is 36.2 Å². The highest BCUT2D eigenvalue weighted by Crippen LogP contribution is 2.26. The van der Waals surface area contributed by atoms with Crippen LogP contribution in [0.3, 0.4) is 0 Å². The number of nitrogens with two attached hydrogens (primary N) is 1. The Morgan fingerprint density at radius 1 is 1.07 bits per heavy atom. The molecule has 0 saturated carbocycles. The summed E-state index contributed by atoms with van der Waals surface area (Å²) in [6.45, 7) is 9.34. The number of nitrogens with zero attached hydrogens (tertiary/aromatic N) is 2. The standard InChI is InChI=1S/C30H37ClN6O3/c1-30(2,20-38)19-36-28(39)22-6-10-25(11-7-22)37-29(33-3)35-18-21-5-14-27(26(31)17-21)40-16-4-15-34-24-12-8-23(32)9-13-24/h5-14,17,34,38H,3-4,15-16,18-20,32H2,1-2H3,(H,35,37)(H,36,39). The molecule has 3 aromatic carbocycles. The Labute approximate surface area is 240 Å². The maximum absolute atomic E-state index is 12.4. The van der Waals surface area contributed by atoms with Gasteiger partial charge in [-0.25, -0.2) is 9.98 Å². The quantitative estimate of drug-likeness (QED) is 0.0836. The zero-order chi connectivity index (χ0) is 29.0. The molecule has 0 fully saturated rings. The van der Waals surface area contributed by atoms with Crippen molar-refractivity contribution >= 4 is 47.2 Å². The van der Waals surface area contributed by atoms with Gasteiger partial charge in [0.2, 0.25) is 5.96 Å². The van der Waals surface area contributed by atoms with Crippen molar-refractivity contribution in [3.63, 3.8) is 0 Å². The van der Waals surface area contributed by atoms with Crippen LogP contribution in [0.25, 0.3) is 0 Å². The normalized spacial score (nSPS) is 11.6. The first-order chi connectivity index (χ1) is 19.2. The van der Waals surface area contributed by atoms with E-state index in [0.717, 1.165) is 29.9 Å². The highest BCUT2D eigenvalue weighted by Gasteiger charge is 2.18. The van der Waals surface area contributed by atoms with Gasteiger partial charge in [0.25, 0.3) is 5.91 Å². The van der Waals surface area contributed by atoms with Gasteiger partial charge in [-0.3, -0.25) is 4.79 Å². The number of carbonyl (C=O) groups is 1.